The summed E-state index contributed by atoms with van der Waals surface area (Å²) in [6.07, 6.45) is 3.69. The summed E-state index contributed by atoms with van der Waals surface area (Å²) in [7, 11) is 1.79. The molecule has 0 spiro atoms. The first-order valence-electron chi connectivity index (χ1n) is 6.63. The highest BCUT2D eigenvalue weighted by molar-refractivity contribution is 5.94. The van der Waals surface area contributed by atoms with E-state index in [9.17, 15) is 9.90 Å². The number of aliphatic hydroxyl groups is 1. The SMILES string of the molecule is CC(O)CCN(C)C(=O)c1ccc2c(c1)CCC2. The second kappa shape index (κ2) is 5.53. The highest BCUT2D eigenvalue weighted by atomic mass is 16.3. The molecular weight excluding hydrogens is 226 g/mol. The van der Waals surface area contributed by atoms with Crippen LogP contribution in [0.3, 0.4) is 0 Å². The lowest BCUT2D eigenvalue weighted by Gasteiger charge is -2.18. The average molecular weight is 247 g/mol. The molecular formula is C15H21NO2. The van der Waals surface area contributed by atoms with Crippen LogP contribution in [-0.2, 0) is 12.8 Å². The molecule has 1 aliphatic rings. The second-order valence-electron chi connectivity index (χ2n) is 5.20. The van der Waals surface area contributed by atoms with Gasteiger partial charge in [-0.1, -0.05) is 6.07 Å². The molecule has 1 N–H and O–H groups in total. The van der Waals surface area contributed by atoms with Gasteiger partial charge in [0.05, 0.1) is 6.10 Å². The van der Waals surface area contributed by atoms with Gasteiger partial charge in [0, 0.05) is 19.2 Å². The molecule has 1 aromatic carbocycles. The third-order valence-corrected chi connectivity index (χ3v) is 3.57. The van der Waals surface area contributed by atoms with Gasteiger partial charge in [-0.05, 0) is 55.9 Å². The van der Waals surface area contributed by atoms with E-state index in [0.29, 0.717) is 13.0 Å². The molecule has 0 fully saturated rings. The minimum Gasteiger partial charge on any atom is -0.393 e. The van der Waals surface area contributed by atoms with Crippen molar-refractivity contribution in [1.82, 2.24) is 4.90 Å². The van der Waals surface area contributed by atoms with Gasteiger partial charge in [0.25, 0.3) is 5.91 Å². The Morgan fingerprint density at radius 2 is 2.11 bits per heavy atom. The molecule has 18 heavy (non-hydrogen) atoms. The quantitative estimate of drug-likeness (QED) is 0.884. The van der Waals surface area contributed by atoms with Crippen LogP contribution in [0.2, 0.25) is 0 Å². The van der Waals surface area contributed by atoms with E-state index in [-0.39, 0.29) is 12.0 Å². The fraction of sp³-hybridized carbons (Fsp3) is 0.533. The zero-order valence-electron chi connectivity index (χ0n) is 11.1. The molecule has 0 aromatic heterocycles. The molecule has 1 atom stereocenters. The number of carbonyl (C=O) groups excluding carboxylic acids is 1. The number of carbonyl (C=O) groups is 1. The molecule has 1 aliphatic carbocycles. The van der Waals surface area contributed by atoms with Crippen LogP contribution < -0.4 is 0 Å². The van der Waals surface area contributed by atoms with Crippen molar-refractivity contribution < 1.29 is 9.90 Å². The molecule has 3 heteroatoms. The third kappa shape index (κ3) is 2.91. The number of fused-ring (bicyclic) bond motifs is 1. The van der Waals surface area contributed by atoms with Gasteiger partial charge in [-0.15, -0.1) is 0 Å². The third-order valence-electron chi connectivity index (χ3n) is 3.57. The molecule has 0 saturated carbocycles. The normalized spacial score (nSPS) is 15.3. The summed E-state index contributed by atoms with van der Waals surface area (Å²) in [6, 6.07) is 6.03. The lowest BCUT2D eigenvalue weighted by Crippen LogP contribution is -2.29. The number of aryl methyl sites for hydroxylation is 2. The Kier molecular flexibility index (Phi) is 4.02. The summed E-state index contributed by atoms with van der Waals surface area (Å²) in [4.78, 5) is 13.9. The van der Waals surface area contributed by atoms with Crippen LogP contribution in [0.1, 0.15) is 41.3 Å². The van der Waals surface area contributed by atoms with E-state index in [0.717, 1.165) is 18.4 Å². The zero-order chi connectivity index (χ0) is 13.1. The Bertz CT molecular complexity index is 440. The second-order valence-corrected chi connectivity index (χ2v) is 5.20. The van der Waals surface area contributed by atoms with Gasteiger partial charge < -0.3 is 10.0 Å². The maximum Gasteiger partial charge on any atom is 0.253 e. The summed E-state index contributed by atoms with van der Waals surface area (Å²) in [5.74, 6) is 0.0466. The van der Waals surface area contributed by atoms with Crippen molar-refractivity contribution in [1.29, 1.82) is 0 Å². The number of benzene rings is 1. The van der Waals surface area contributed by atoms with E-state index in [1.54, 1.807) is 18.9 Å². The molecule has 0 radical (unpaired) electrons. The maximum atomic E-state index is 12.2. The topological polar surface area (TPSA) is 40.5 Å². The molecule has 98 valence electrons. The largest absolute Gasteiger partial charge is 0.393 e. The number of amides is 1. The van der Waals surface area contributed by atoms with Gasteiger partial charge >= 0.3 is 0 Å². The molecule has 0 heterocycles. The average Bonchev–Trinajstić information content (AvgIpc) is 2.81. The van der Waals surface area contributed by atoms with Crippen molar-refractivity contribution in [2.45, 2.75) is 38.7 Å². The van der Waals surface area contributed by atoms with Crippen molar-refractivity contribution in [3.63, 3.8) is 0 Å². The van der Waals surface area contributed by atoms with E-state index in [1.165, 1.54) is 17.5 Å². The molecule has 1 amide bonds. The zero-order valence-corrected chi connectivity index (χ0v) is 11.1. The van der Waals surface area contributed by atoms with Crippen molar-refractivity contribution >= 4 is 5.91 Å². The lowest BCUT2D eigenvalue weighted by molar-refractivity contribution is 0.0769. The van der Waals surface area contributed by atoms with Gasteiger partial charge in [0.1, 0.15) is 0 Å². The van der Waals surface area contributed by atoms with Gasteiger partial charge in [-0.25, -0.2) is 0 Å². The first-order valence-corrected chi connectivity index (χ1v) is 6.63. The van der Waals surface area contributed by atoms with E-state index < -0.39 is 0 Å². The number of aliphatic hydroxyl groups excluding tert-OH is 1. The molecule has 2 rings (SSSR count). The lowest BCUT2D eigenvalue weighted by atomic mass is 10.1. The van der Waals surface area contributed by atoms with Crippen molar-refractivity contribution in [2.24, 2.45) is 0 Å². The van der Waals surface area contributed by atoms with Crippen LogP contribution in [0.4, 0.5) is 0 Å². The monoisotopic (exact) mass is 247 g/mol. The number of hydrogen-bond donors (Lipinski definition) is 1. The number of hydrogen-bond acceptors (Lipinski definition) is 2. The van der Waals surface area contributed by atoms with E-state index >= 15 is 0 Å². The van der Waals surface area contributed by atoms with Crippen LogP contribution in [0, 0.1) is 0 Å². The van der Waals surface area contributed by atoms with Crippen LogP contribution in [0.25, 0.3) is 0 Å². The van der Waals surface area contributed by atoms with Crippen molar-refractivity contribution in [2.75, 3.05) is 13.6 Å². The molecule has 0 saturated heterocycles. The van der Waals surface area contributed by atoms with Gasteiger partial charge in [-0.3, -0.25) is 4.79 Å². The predicted octanol–water partition coefficient (Wildman–Crippen LogP) is 2.02. The summed E-state index contributed by atoms with van der Waals surface area (Å²) in [5.41, 5.74) is 3.48. The van der Waals surface area contributed by atoms with Crippen LogP contribution in [-0.4, -0.2) is 35.6 Å². The smallest absolute Gasteiger partial charge is 0.253 e. The van der Waals surface area contributed by atoms with E-state index in [4.69, 9.17) is 0 Å². The van der Waals surface area contributed by atoms with Crippen molar-refractivity contribution in [3.8, 4) is 0 Å². The first-order chi connectivity index (χ1) is 8.58. The standard InChI is InChI=1S/C15H21NO2/c1-11(17)8-9-16(2)15(18)14-7-6-12-4-3-5-13(12)10-14/h6-7,10-11,17H,3-5,8-9H2,1-2H3. The summed E-state index contributed by atoms with van der Waals surface area (Å²) < 4.78 is 0. The highest BCUT2D eigenvalue weighted by Crippen LogP contribution is 2.23. The van der Waals surface area contributed by atoms with Crippen LogP contribution in [0.5, 0.6) is 0 Å². The summed E-state index contributed by atoms with van der Waals surface area (Å²) in [6.45, 7) is 2.33. The molecule has 3 nitrogen and oxygen atoms in total. The minimum absolute atomic E-state index is 0.0466. The Morgan fingerprint density at radius 1 is 1.39 bits per heavy atom. The minimum atomic E-state index is -0.361. The predicted molar refractivity (Wildman–Crippen MR) is 71.7 cm³/mol. The van der Waals surface area contributed by atoms with Gasteiger partial charge in [0.2, 0.25) is 0 Å². The van der Waals surface area contributed by atoms with Crippen LogP contribution >= 0.6 is 0 Å². The van der Waals surface area contributed by atoms with E-state index in [2.05, 4.69) is 6.07 Å². The molecule has 1 aromatic rings. The van der Waals surface area contributed by atoms with Crippen molar-refractivity contribution in [3.05, 3.63) is 34.9 Å². The summed E-state index contributed by atoms with van der Waals surface area (Å²) >= 11 is 0. The highest BCUT2D eigenvalue weighted by Gasteiger charge is 2.16. The van der Waals surface area contributed by atoms with E-state index in [1.807, 2.05) is 12.1 Å². The maximum absolute atomic E-state index is 12.2. The fourth-order valence-corrected chi connectivity index (χ4v) is 2.41. The number of rotatable bonds is 4. The summed E-state index contributed by atoms with van der Waals surface area (Å²) in [5, 5.41) is 9.24. The Morgan fingerprint density at radius 3 is 2.83 bits per heavy atom. The Labute approximate surface area is 108 Å². The van der Waals surface area contributed by atoms with Gasteiger partial charge in [0.15, 0.2) is 0 Å². The Balaban J connectivity index is 2.04. The Hall–Kier alpha value is -1.35. The van der Waals surface area contributed by atoms with Gasteiger partial charge in [-0.2, -0.15) is 0 Å². The molecule has 0 bridgehead atoms. The number of nitrogens with zero attached hydrogens (tertiary/aromatic N) is 1. The first kappa shape index (κ1) is 13.1. The fourth-order valence-electron chi connectivity index (χ4n) is 2.41. The molecule has 1 unspecified atom stereocenters. The van der Waals surface area contributed by atoms with Crippen LogP contribution in [0.15, 0.2) is 18.2 Å². The molecule has 0 aliphatic heterocycles.